The minimum atomic E-state index is -0.0870. The number of β-amino-alcohol motifs (C(OH)–C–C–N with tert-alkyl or cyclic N) is 1. The average molecular weight is 266 g/mol. The van der Waals surface area contributed by atoms with Gasteiger partial charge in [-0.1, -0.05) is 25.7 Å². The van der Waals surface area contributed by atoms with Gasteiger partial charge in [-0.3, -0.25) is 9.80 Å². The Labute approximate surface area is 118 Å². The third kappa shape index (κ3) is 3.71. The topological polar surface area (TPSA) is 26.7 Å². The maximum Gasteiger partial charge on any atom is 0.0669 e. The Hall–Kier alpha value is -0.120. The zero-order valence-electron chi connectivity index (χ0n) is 12.3. The van der Waals surface area contributed by atoms with E-state index in [1.165, 1.54) is 71.1 Å². The van der Waals surface area contributed by atoms with Crippen LogP contribution in [0.2, 0.25) is 0 Å². The van der Waals surface area contributed by atoms with Gasteiger partial charge in [-0.25, -0.2) is 0 Å². The molecule has 0 aromatic rings. The van der Waals surface area contributed by atoms with Gasteiger partial charge in [-0.2, -0.15) is 0 Å². The highest BCUT2D eigenvalue weighted by Crippen LogP contribution is 2.29. The number of hydrogen-bond acceptors (Lipinski definition) is 3. The average Bonchev–Trinajstić information content (AvgIpc) is 2.99. The lowest BCUT2D eigenvalue weighted by atomic mass is 9.99. The molecule has 0 aromatic heterocycles. The van der Waals surface area contributed by atoms with Gasteiger partial charge in [-0.05, 0) is 51.2 Å². The van der Waals surface area contributed by atoms with Crippen LogP contribution in [0.5, 0.6) is 0 Å². The fraction of sp³-hybridized carbons (Fsp3) is 1.00. The summed E-state index contributed by atoms with van der Waals surface area (Å²) in [4.78, 5) is 5.21. The first-order valence-electron chi connectivity index (χ1n) is 8.46. The third-order valence-corrected chi connectivity index (χ3v) is 5.44. The molecular formula is C16H30N2O. The number of rotatable bonds is 4. The van der Waals surface area contributed by atoms with E-state index in [-0.39, 0.29) is 6.10 Å². The van der Waals surface area contributed by atoms with Crippen molar-refractivity contribution in [3.05, 3.63) is 0 Å². The molecule has 2 heterocycles. The molecule has 3 aliphatic rings. The van der Waals surface area contributed by atoms with E-state index in [4.69, 9.17) is 0 Å². The van der Waals surface area contributed by atoms with Crippen LogP contribution in [0.3, 0.4) is 0 Å². The minimum absolute atomic E-state index is 0.0870. The molecule has 1 saturated carbocycles. The first kappa shape index (κ1) is 13.8. The highest BCUT2D eigenvalue weighted by molar-refractivity contribution is 4.86. The van der Waals surface area contributed by atoms with Crippen molar-refractivity contribution in [2.75, 3.05) is 32.7 Å². The van der Waals surface area contributed by atoms with Crippen molar-refractivity contribution in [3.8, 4) is 0 Å². The van der Waals surface area contributed by atoms with Gasteiger partial charge in [0.15, 0.2) is 0 Å². The molecule has 2 saturated heterocycles. The number of aliphatic hydroxyl groups is 1. The van der Waals surface area contributed by atoms with Crippen LogP contribution in [0.1, 0.15) is 51.4 Å². The summed E-state index contributed by atoms with van der Waals surface area (Å²) in [7, 11) is 0. The molecule has 19 heavy (non-hydrogen) atoms. The lowest BCUT2D eigenvalue weighted by molar-refractivity contribution is 0.0875. The van der Waals surface area contributed by atoms with Gasteiger partial charge < -0.3 is 5.11 Å². The second-order valence-electron chi connectivity index (χ2n) is 6.99. The van der Waals surface area contributed by atoms with Gasteiger partial charge >= 0.3 is 0 Å². The Morgan fingerprint density at radius 1 is 0.947 bits per heavy atom. The van der Waals surface area contributed by atoms with Crippen molar-refractivity contribution in [2.24, 2.45) is 5.92 Å². The molecule has 0 bridgehead atoms. The summed E-state index contributed by atoms with van der Waals surface area (Å²) in [6, 6.07) is 0.779. The van der Waals surface area contributed by atoms with E-state index in [1.54, 1.807) is 0 Å². The van der Waals surface area contributed by atoms with E-state index in [2.05, 4.69) is 9.80 Å². The van der Waals surface area contributed by atoms with E-state index in [0.717, 1.165) is 24.9 Å². The summed E-state index contributed by atoms with van der Waals surface area (Å²) < 4.78 is 0. The number of aliphatic hydroxyl groups excluding tert-OH is 1. The summed E-state index contributed by atoms with van der Waals surface area (Å²) in [5, 5.41) is 10.3. The maximum absolute atomic E-state index is 10.3. The number of fused-ring (bicyclic) bond motifs is 1. The van der Waals surface area contributed by atoms with Crippen molar-refractivity contribution in [2.45, 2.75) is 63.5 Å². The molecule has 3 fully saturated rings. The Morgan fingerprint density at radius 2 is 1.74 bits per heavy atom. The number of hydrogen-bond donors (Lipinski definition) is 1. The molecule has 0 aromatic carbocycles. The van der Waals surface area contributed by atoms with Crippen LogP contribution >= 0.6 is 0 Å². The second kappa shape index (κ2) is 6.55. The van der Waals surface area contributed by atoms with E-state index >= 15 is 0 Å². The summed E-state index contributed by atoms with van der Waals surface area (Å²) in [5.74, 6) is 0.810. The molecule has 2 aliphatic heterocycles. The Morgan fingerprint density at radius 3 is 2.58 bits per heavy atom. The van der Waals surface area contributed by atoms with Crippen molar-refractivity contribution < 1.29 is 5.11 Å². The van der Waals surface area contributed by atoms with E-state index < -0.39 is 0 Å². The summed E-state index contributed by atoms with van der Waals surface area (Å²) in [6.45, 7) is 5.89. The van der Waals surface area contributed by atoms with Gasteiger partial charge in [-0.15, -0.1) is 0 Å². The van der Waals surface area contributed by atoms with E-state index in [0.29, 0.717) is 0 Å². The summed E-state index contributed by atoms with van der Waals surface area (Å²) >= 11 is 0. The first-order chi connectivity index (χ1) is 9.31. The number of nitrogens with zero attached hydrogens (tertiary/aromatic N) is 2. The van der Waals surface area contributed by atoms with Gasteiger partial charge in [0.25, 0.3) is 0 Å². The smallest absolute Gasteiger partial charge is 0.0669 e. The fourth-order valence-electron chi connectivity index (χ4n) is 4.45. The quantitative estimate of drug-likeness (QED) is 0.844. The largest absolute Gasteiger partial charge is 0.392 e. The van der Waals surface area contributed by atoms with E-state index in [9.17, 15) is 5.11 Å². The van der Waals surface area contributed by atoms with Crippen molar-refractivity contribution in [3.63, 3.8) is 0 Å². The van der Waals surface area contributed by atoms with Crippen LogP contribution in [0.25, 0.3) is 0 Å². The summed E-state index contributed by atoms with van der Waals surface area (Å²) in [5.41, 5.74) is 0. The van der Waals surface area contributed by atoms with Crippen molar-refractivity contribution in [1.82, 2.24) is 9.80 Å². The molecule has 2 unspecified atom stereocenters. The van der Waals surface area contributed by atoms with Gasteiger partial charge in [0.1, 0.15) is 0 Å². The Balaban J connectivity index is 1.45. The van der Waals surface area contributed by atoms with Gasteiger partial charge in [0.05, 0.1) is 6.10 Å². The molecule has 3 heteroatoms. The molecule has 1 aliphatic carbocycles. The van der Waals surface area contributed by atoms with Crippen LogP contribution in [0.4, 0.5) is 0 Å². The molecule has 0 radical (unpaired) electrons. The van der Waals surface area contributed by atoms with Crippen LogP contribution in [-0.4, -0.2) is 59.8 Å². The zero-order valence-corrected chi connectivity index (χ0v) is 12.3. The molecule has 3 nitrogen and oxygen atoms in total. The molecule has 0 spiro atoms. The van der Waals surface area contributed by atoms with Gasteiger partial charge in [0.2, 0.25) is 0 Å². The molecule has 110 valence electrons. The van der Waals surface area contributed by atoms with Gasteiger partial charge in [0, 0.05) is 19.1 Å². The van der Waals surface area contributed by atoms with Crippen molar-refractivity contribution in [1.29, 1.82) is 0 Å². The normalized spacial score (nSPS) is 32.4. The minimum Gasteiger partial charge on any atom is -0.392 e. The fourth-order valence-corrected chi connectivity index (χ4v) is 4.45. The predicted molar refractivity (Wildman–Crippen MR) is 78.2 cm³/mol. The van der Waals surface area contributed by atoms with E-state index in [1.807, 2.05) is 0 Å². The standard InChI is InChI=1S/C16H30N2O/c19-16(11-14-5-1-2-6-14)13-17-8-4-10-18-9-3-7-15(18)12-17/h14-16,19H,1-13H2. The lowest BCUT2D eigenvalue weighted by Gasteiger charge is -2.28. The lowest BCUT2D eigenvalue weighted by Crippen LogP contribution is -2.40. The highest BCUT2D eigenvalue weighted by Gasteiger charge is 2.29. The van der Waals surface area contributed by atoms with Crippen LogP contribution in [0, 0.1) is 5.92 Å². The Kier molecular flexibility index (Phi) is 4.78. The zero-order chi connectivity index (χ0) is 13.1. The van der Waals surface area contributed by atoms with Crippen LogP contribution < -0.4 is 0 Å². The third-order valence-electron chi connectivity index (χ3n) is 5.44. The predicted octanol–water partition coefficient (Wildman–Crippen LogP) is 2.10. The van der Waals surface area contributed by atoms with Crippen molar-refractivity contribution >= 4 is 0 Å². The Bertz CT molecular complexity index is 278. The first-order valence-corrected chi connectivity index (χ1v) is 8.46. The summed E-state index contributed by atoms with van der Waals surface area (Å²) in [6.07, 6.45) is 10.5. The molecule has 2 atom stereocenters. The molecule has 0 amide bonds. The van der Waals surface area contributed by atoms with Crippen LogP contribution in [-0.2, 0) is 0 Å². The van der Waals surface area contributed by atoms with Crippen LogP contribution in [0.15, 0.2) is 0 Å². The molecule has 3 rings (SSSR count). The monoisotopic (exact) mass is 266 g/mol. The molecular weight excluding hydrogens is 236 g/mol. The second-order valence-corrected chi connectivity index (χ2v) is 6.99. The highest BCUT2D eigenvalue weighted by atomic mass is 16.3. The SMILES string of the molecule is OC(CC1CCCC1)CN1CCCN2CCCC2C1. The maximum atomic E-state index is 10.3. The molecule has 1 N–H and O–H groups in total.